The summed E-state index contributed by atoms with van der Waals surface area (Å²) in [4.78, 5) is 9.72. The van der Waals surface area contributed by atoms with Crippen molar-refractivity contribution >= 4 is 29.9 Å². The highest BCUT2D eigenvalue weighted by molar-refractivity contribution is 14.0. The van der Waals surface area contributed by atoms with Crippen LogP contribution < -0.4 is 5.32 Å². The zero-order valence-corrected chi connectivity index (χ0v) is 19.5. The van der Waals surface area contributed by atoms with Crippen molar-refractivity contribution in [1.82, 2.24) is 20.0 Å². The maximum Gasteiger partial charge on any atom is 0.403 e. The number of hydrogen-bond acceptors (Lipinski definition) is 3. The molecule has 0 bridgehead atoms. The summed E-state index contributed by atoms with van der Waals surface area (Å²) >= 11 is 0. The number of halogens is 5. The molecule has 2 atom stereocenters. The summed E-state index contributed by atoms with van der Waals surface area (Å²) < 4.78 is 51.9. The molecule has 29 heavy (non-hydrogen) atoms. The molecule has 1 aromatic carbocycles. The Bertz CT molecular complexity index is 643. The molecule has 1 N–H and O–H groups in total. The lowest BCUT2D eigenvalue weighted by molar-refractivity contribution is -0.181. The predicted molar refractivity (Wildman–Crippen MR) is 118 cm³/mol. The van der Waals surface area contributed by atoms with Crippen molar-refractivity contribution in [3.63, 3.8) is 0 Å². The Balaban J connectivity index is 0.00000420. The Morgan fingerprint density at radius 3 is 2.14 bits per heavy atom. The molecule has 1 fully saturated rings. The molecule has 1 aromatic rings. The second-order valence-electron chi connectivity index (χ2n) is 7.20. The Morgan fingerprint density at radius 2 is 1.69 bits per heavy atom. The fourth-order valence-electron chi connectivity index (χ4n) is 3.33. The van der Waals surface area contributed by atoms with Crippen LogP contribution in [-0.4, -0.2) is 86.7 Å². The third-order valence-electron chi connectivity index (χ3n) is 5.18. The minimum absolute atomic E-state index is 0. The molecule has 5 nitrogen and oxygen atoms in total. The van der Waals surface area contributed by atoms with Gasteiger partial charge in [0.25, 0.3) is 0 Å². The van der Waals surface area contributed by atoms with Crippen LogP contribution in [0.1, 0.15) is 18.5 Å². The smallest absolute Gasteiger partial charge is 0.354 e. The highest BCUT2D eigenvalue weighted by Gasteiger charge is 2.41. The zero-order chi connectivity index (χ0) is 20.9. The number of guanidine groups is 1. The van der Waals surface area contributed by atoms with E-state index in [1.54, 1.807) is 19.2 Å². The van der Waals surface area contributed by atoms with Gasteiger partial charge in [-0.25, -0.2) is 4.39 Å². The summed E-state index contributed by atoms with van der Waals surface area (Å²) in [6, 6.07) is 4.93. The van der Waals surface area contributed by atoms with Gasteiger partial charge in [0.2, 0.25) is 0 Å². The van der Waals surface area contributed by atoms with E-state index in [9.17, 15) is 17.6 Å². The van der Waals surface area contributed by atoms with Gasteiger partial charge < -0.3 is 15.1 Å². The molecule has 1 saturated heterocycles. The van der Waals surface area contributed by atoms with Crippen LogP contribution in [0.2, 0.25) is 0 Å². The van der Waals surface area contributed by atoms with E-state index < -0.39 is 12.2 Å². The van der Waals surface area contributed by atoms with Crippen LogP contribution in [-0.2, 0) is 0 Å². The Hall–Kier alpha value is -1.14. The van der Waals surface area contributed by atoms with E-state index in [1.807, 2.05) is 23.9 Å². The number of hydrogen-bond donors (Lipinski definition) is 1. The van der Waals surface area contributed by atoms with Gasteiger partial charge in [-0.2, -0.15) is 13.2 Å². The van der Waals surface area contributed by atoms with Crippen molar-refractivity contribution in [2.45, 2.75) is 25.2 Å². The minimum Gasteiger partial charge on any atom is -0.354 e. The minimum atomic E-state index is -4.21. The average molecular weight is 531 g/mol. The van der Waals surface area contributed by atoms with E-state index in [0.29, 0.717) is 38.7 Å². The number of piperazine rings is 1. The first-order chi connectivity index (χ1) is 13.1. The van der Waals surface area contributed by atoms with Gasteiger partial charge in [0, 0.05) is 39.8 Å². The van der Waals surface area contributed by atoms with Gasteiger partial charge in [-0.1, -0.05) is 12.1 Å². The molecular weight excluding hydrogens is 501 g/mol. The Kier molecular flexibility index (Phi) is 10.1. The summed E-state index contributed by atoms with van der Waals surface area (Å²) in [5.41, 5.74) is 0.971. The quantitative estimate of drug-likeness (QED) is 0.274. The van der Waals surface area contributed by atoms with Crippen LogP contribution >= 0.6 is 24.0 Å². The predicted octanol–water partition coefficient (Wildman–Crippen LogP) is 3.19. The van der Waals surface area contributed by atoms with E-state index in [2.05, 4.69) is 10.3 Å². The number of nitrogens with zero attached hydrogens (tertiary/aromatic N) is 4. The van der Waals surface area contributed by atoms with Crippen LogP contribution in [0.5, 0.6) is 0 Å². The Labute approximate surface area is 187 Å². The van der Waals surface area contributed by atoms with E-state index in [0.717, 1.165) is 5.56 Å². The lowest BCUT2D eigenvalue weighted by Gasteiger charge is -2.40. The van der Waals surface area contributed by atoms with E-state index in [4.69, 9.17) is 0 Å². The zero-order valence-electron chi connectivity index (χ0n) is 17.2. The molecule has 1 aliphatic rings. The molecule has 1 aliphatic heterocycles. The summed E-state index contributed by atoms with van der Waals surface area (Å²) in [6.45, 7) is 3.36. The van der Waals surface area contributed by atoms with Crippen molar-refractivity contribution in [3.05, 3.63) is 35.6 Å². The molecule has 2 rings (SSSR count). The number of aliphatic imine (C=N–C) groups is 1. The molecule has 0 aromatic heterocycles. The first kappa shape index (κ1) is 25.9. The summed E-state index contributed by atoms with van der Waals surface area (Å²) in [6.07, 6.45) is -4.21. The van der Waals surface area contributed by atoms with Crippen LogP contribution in [0.25, 0.3) is 0 Å². The number of benzene rings is 1. The molecule has 1 heterocycles. The van der Waals surface area contributed by atoms with E-state index >= 15 is 0 Å². The topological polar surface area (TPSA) is 34.1 Å². The monoisotopic (exact) mass is 531 g/mol. The van der Waals surface area contributed by atoms with Crippen LogP contribution in [0, 0.1) is 5.82 Å². The number of nitrogens with one attached hydrogen (secondary N) is 1. The molecule has 0 amide bonds. The summed E-state index contributed by atoms with van der Waals surface area (Å²) in [5.74, 6) is 0.379. The molecular formula is C19H30F4IN5. The van der Waals surface area contributed by atoms with Crippen molar-refractivity contribution in [2.24, 2.45) is 4.99 Å². The van der Waals surface area contributed by atoms with Crippen LogP contribution in [0.3, 0.4) is 0 Å². The maximum absolute atomic E-state index is 13.2. The second-order valence-corrected chi connectivity index (χ2v) is 7.20. The van der Waals surface area contributed by atoms with Crippen molar-refractivity contribution < 1.29 is 17.6 Å². The Morgan fingerprint density at radius 1 is 1.14 bits per heavy atom. The first-order valence-electron chi connectivity index (χ1n) is 9.31. The molecule has 0 aliphatic carbocycles. The summed E-state index contributed by atoms with van der Waals surface area (Å²) in [7, 11) is 5.54. The van der Waals surface area contributed by atoms with E-state index in [1.165, 1.54) is 24.0 Å². The third kappa shape index (κ3) is 7.25. The lowest BCUT2D eigenvalue weighted by atomic mass is 10.1. The average Bonchev–Trinajstić information content (AvgIpc) is 2.65. The molecule has 10 heteroatoms. The lowest BCUT2D eigenvalue weighted by Crippen LogP contribution is -2.57. The fourth-order valence-corrected chi connectivity index (χ4v) is 3.33. The van der Waals surface area contributed by atoms with Gasteiger partial charge in [-0.15, -0.1) is 24.0 Å². The molecule has 166 valence electrons. The number of rotatable bonds is 5. The fraction of sp³-hybridized carbons (Fsp3) is 0.632. The molecule has 0 radical (unpaired) electrons. The maximum atomic E-state index is 13.2. The first-order valence-corrected chi connectivity index (χ1v) is 9.31. The van der Waals surface area contributed by atoms with Crippen molar-refractivity contribution in [3.8, 4) is 0 Å². The van der Waals surface area contributed by atoms with Gasteiger partial charge in [-0.3, -0.25) is 9.89 Å². The van der Waals surface area contributed by atoms with Gasteiger partial charge >= 0.3 is 6.18 Å². The van der Waals surface area contributed by atoms with Crippen LogP contribution in [0.15, 0.2) is 29.3 Å². The van der Waals surface area contributed by atoms with Crippen molar-refractivity contribution in [2.75, 3.05) is 53.9 Å². The normalized spacial score (nSPS) is 18.4. The van der Waals surface area contributed by atoms with Gasteiger partial charge in [0.15, 0.2) is 5.96 Å². The van der Waals surface area contributed by atoms with Gasteiger partial charge in [0.05, 0.1) is 6.04 Å². The van der Waals surface area contributed by atoms with Crippen LogP contribution in [0.4, 0.5) is 17.6 Å². The summed E-state index contributed by atoms with van der Waals surface area (Å²) in [5, 5.41) is 3.31. The highest BCUT2D eigenvalue weighted by atomic mass is 127. The van der Waals surface area contributed by atoms with Gasteiger partial charge in [0.1, 0.15) is 11.9 Å². The highest BCUT2D eigenvalue weighted by Crippen LogP contribution is 2.25. The van der Waals surface area contributed by atoms with Gasteiger partial charge in [-0.05, 0) is 38.7 Å². The largest absolute Gasteiger partial charge is 0.403 e. The van der Waals surface area contributed by atoms with E-state index in [-0.39, 0.29) is 35.8 Å². The second kappa shape index (κ2) is 11.3. The SMILES string of the molecule is CN=C(NCC(c1ccc(F)cc1)N(C)C)N1CCN(C(C)C(F)(F)F)CC1.I. The van der Waals surface area contributed by atoms with Crippen molar-refractivity contribution in [1.29, 1.82) is 0 Å². The molecule has 0 spiro atoms. The molecule has 0 saturated carbocycles. The molecule has 2 unspecified atom stereocenters. The standard InChI is InChI=1S/C19H29F4N5.HI/c1-14(19(21,22)23)27-9-11-28(12-10-27)18(24-2)25-13-17(26(3)4)15-5-7-16(20)8-6-15;/h5-8,14,17H,9-13H2,1-4H3,(H,24,25);1H. The number of likely N-dealkylation sites (N-methyl/N-ethyl adjacent to an activating group) is 1. The third-order valence-corrected chi connectivity index (χ3v) is 5.18. The number of alkyl halides is 3.